The van der Waals surface area contributed by atoms with Gasteiger partial charge in [-0.2, -0.15) is 0 Å². The monoisotopic (exact) mass is 424 g/mol. The molecule has 0 unspecified atom stereocenters. The van der Waals surface area contributed by atoms with Gasteiger partial charge in [0, 0.05) is 11.1 Å². The summed E-state index contributed by atoms with van der Waals surface area (Å²) in [5.41, 5.74) is 3.75. The highest BCUT2D eigenvalue weighted by Gasteiger charge is 2.09. The summed E-state index contributed by atoms with van der Waals surface area (Å²) in [5, 5.41) is 18.1. The SMILES string of the molecule is COc1cc(-c2ccc3ncnc(Nc4ccccc4)c3c2)ccc1O.N[SH](=O)=O. The molecule has 0 aliphatic heterocycles. The molecule has 3 aromatic carbocycles. The van der Waals surface area contributed by atoms with Crippen molar-refractivity contribution in [3.8, 4) is 22.6 Å². The predicted molar refractivity (Wildman–Crippen MR) is 117 cm³/mol. The van der Waals surface area contributed by atoms with Crippen molar-refractivity contribution >= 4 is 33.3 Å². The molecule has 0 saturated heterocycles. The van der Waals surface area contributed by atoms with E-state index >= 15 is 0 Å². The molecular formula is C21H20N4O4S. The lowest BCUT2D eigenvalue weighted by Gasteiger charge is -2.11. The number of nitrogens with zero attached hydrogens (tertiary/aromatic N) is 2. The highest BCUT2D eigenvalue weighted by molar-refractivity contribution is 7.69. The van der Waals surface area contributed by atoms with Gasteiger partial charge in [-0.25, -0.2) is 23.5 Å². The molecule has 4 N–H and O–H groups in total. The van der Waals surface area contributed by atoms with Gasteiger partial charge in [-0.15, -0.1) is 0 Å². The molecular weight excluding hydrogens is 404 g/mol. The van der Waals surface area contributed by atoms with Crippen LogP contribution in [0.1, 0.15) is 0 Å². The summed E-state index contributed by atoms with van der Waals surface area (Å²) in [7, 11) is -1.08. The molecule has 0 atom stereocenters. The minimum atomic E-state index is -2.62. The van der Waals surface area contributed by atoms with E-state index < -0.39 is 10.9 Å². The molecule has 0 radical (unpaired) electrons. The Morgan fingerprint density at radius 1 is 0.967 bits per heavy atom. The maximum absolute atomic E-state index is 9.81. The highest BCUT2D eigenvalue weighted by Crippen LogP contribution is 2.33. The number of benzene rings is 3. The van der Waals surface area contributed by atoms with Gasteiger partial charge in [-0.1, -0.05) is 30.3 Å². The topological polar surface area (TPSA) is 127 Å². The Balaban J connectivity index is 0.000000589. The fraction of sp³-hybridized carbons (Fsp3) is 0.0476. The van der Waals surface area contributed by atoms with E-state index in [1.807, 2.05) is 60.7 Å². The van der Waals surface area contributed by atoms with Crippen LogP contribution in [0, 0.1) is 0 Å². The van der Waals surface area contributed by atoms with Crippen LogP contribution in [0.5, 0.6) is 11.5 Å². The smallest absolute Gasteiger partial charge is 0.198 e. The van der Waals surface area contributed by atoms with Crippen molar-refractivity contribution in [1.29, 1.82) is 0 Å². The number of rotatable bonds is 4. The largest absolute Gasteiger partial charge is 0.504 e. The number of nitrogens with two attached hydrogens (primary N) is 1. The van der Waals surface area contributed by atoms with Crippen LogP contribution in [-0.2, 0) is 10.9 Å². The lowest BCUT2D eigenvalue weighted by atomic mass is 10.0. The van der Waals surface area contributed by atoms with Crippen LogP contribution in [0.25, 0.3) is 22.0 Å². The van der Waals surface area contributed by atoms with Gasteiger partial charge in [0.15, 0.2) is 22.4 Å². The molecule has 8 nitrogen and oxygen atoms in total. The summed E-state index contributed by atoms with van der Waals surface area (Å²) < 4.78 is 22.8. The number of phenols is 1. The van der Waals surface area contributed by atoms with E-state index in [4.69, 9.17) is 13.2 Å². The molecule has 0 fully saturated rings. The lowest BCUT2D eigenvalue weighted by molar-refractivity contribution is 0.373. The fourth-order valence-electron chi connectivity index (χ4n) is 2.85. The van der Waals surface area contributed by atoms with Gasteiger partial charge in [0.2, 0.25) is 0 Å². The van der Waals surface area contributed by atoms with E-state index in [2.05, 4.69) is 20.4 Å². The number of fused-ring (bicyclic) bond motifs is 1. The Labute approximate surface area is 175 Å². The second-order valence-corrected chi connectivity index (χ2v) is 6.69. The van der Waals surface area contributed by atoms with E-state index in [1.165, 1.54) is 7.11 Å². The standard InChI is InChI=1S/C21H17N3O2.H3NO2S/c1-26-20-12-15(8-10-19(20)25)14-7-9-18-17(11-14)21(23-13-22-18)24-16-5-3-2-4-6-16;1-4(2)3/h2-13,25H,1H3,(H,22,23,24);4H,(H2,1,2,3). The third kappa shape index (κ3) is 5.22. The van der Waals surface area contributed by atoms with Gasteiger partial charge < -0.3 is 15.2 Å². The van der Waals surface area contributed by atoms with Gasteiger partial charge in [0.05, 0.1) is 12.6 Å². The number of nitrogens with one attached hydrogen (secondary N) is 1. The molecule has 4 aromatic rings. The summed E-state index contributed by atoms with van der Waals surface area (Å²) in [6.45, 7) is 0. The second kappa shape index (κ2) is 9.68. The zero-order chi connectivity index (χ0) is 21.5. The average Bonchev–Trinajstić information content (AvgIpc) is 2.74. The molecule has 0 bridgehead atoms. The first-order valence-electron chi connectivity index (χ1n) is 8.81. The van der Waals surface area contributed by atoms with E-state index in [0.29, 0.717) is 5.75 Å². The van der Waals surface area contributed by atoms with Crippen LogP contribution in [0.4, 0.5) is 11.5 Å². The van der Waals surface area contributed by atoms with Gasteiger partial charge in [-0.3, -0.25) is 0 Å². The predicted octanol–water partition coefficient (Wildman–Crippen LogP) is 3.23. The van der Waals surface area contributed by atoms with Crippen molar-refractivity contribution in [2.75, 3.05) is 12.4 Å². The number of methoxy groups -OCH3 is 1. The third-order valence-corrected chi connectivity index (χ3v) is 4.18. The molecule has 0 amide bonds. The Bertz CT molecular complexity index is 1220. The number of aromatic nitrogens is 2. The Morgan fingerprint density at radius 3 is 2.33 bits per heavy atom. The number of ether oxygens (including phenoxy) is 1. The first-order chi connectivity index (χ1) is 14.5. The van der Waals surface area contributed by atoms with E-state index in [1.54, 1.807) is 12.4 Å². The highest BCUT2D eigenvalue weighted by atomic mass is 32.2. The van der Waals surface area contributed by atoms with Crippen molar-refractivity contribution in [3.63, 3.8) is 0 Å². The van der Waals surface area contributed by atoms with Crippen LogP contribution in [0.2, 0.25) is 0 Å². The normalized spacial score (nSPS) is 10.4. The summed E-state index contributed by atoms with van der Waals surface area (Å²) in [6.07, 6.45) is 1.55. The lowest BCUT2D eigenvalue weighted by Crippen LogP contribution is -1.96. The van der Waals surface area contributed by atoms with Crippen LogP contribution < -0.4 is 15.2 Å². The fourth-order valence-corrected chi connectivity index (χ4v) is 2.85. The van der Waals surface area contributed by atoms with Crippen molar-refractivity contribution < 1.29 is 18.3 Å². The van der Waals surface area contributed by atoms with Crippen LogP contribution in [0.15, 0.2) is 73.1 Å². The molecule has 154 valence electrons. The molecule has 1 heterocycles. The van der Waals surface area contributed by atoms with Gasteiger partial charge >= 0.3 is 0 Å². The van der Waals surface area contributed by atoms with Crippen molar-refractivity contribution in [3.05, 3.63) is 73.1 Å². The van der Waals surface area contributed by atoms with Crippen molar-refractivity contribution in [2.24, 2.45) is 5.14 Å². The minimum Gasteiger partial charge on any atom is -0.504 e. The van der Waals surface area contributed by atoms with Crippen molar-refractivity contribution in [1.82, 2.24) is 9.97 Å². The third-order valence-electron chi connectivity index (χ3n) is 4.18. The number of hydrogen-bond acceptors (Lipinski definition) is 7. The number of anilines is 2. The van der Waals surface area contributed by atoms with Crippen LogP contribution in [-0.4, -0.2) is 30.6 Å². The number of hydrogen-bond donors (Lipinski definition) is 4. The zero-order valence-corrected chi connectivity index (χ0v) is 16.9. The number of phenolic OH excluding ortho intramolecular Hbond substituents is 1. The first kappa shape index (κ1) is 21.0. The number of aromatic hydroxyl groups is 1. The molecule has 1 aromatic heterocycles. The molecule has 30 heavy (non-hydrogen) atoms. The van der Waals surface area contributed by atoms with Gasteiger partial charge in [0.1, 0.15) is 12.1 Å². The van der Waals surface area contributed by atoms with Crippen LogP contribution in [0.3, 0.4) is 0 Å². The Kier molecular flexibility index (Phi) is 6.79. The van der Waals surface area contributed by atoms with Crippen LogP contribution >= 0.6 is 0 Å². The number of para-hydroxylation sites is 1. The zero-order valence-electron chi connectivity index (χ0n) is 16.0. The summed E-state index contributed by atoms with van der Waals surface area (Å²) in [5.74, 6) is 1.30. The maximum Gasteiger partial charge on any atom is 0.198 e. The van der Waals surface area contributed by atoms with Gasteiger partial charge in [0.25, 0.3) is 0 Å². The molecule has 4 rings (SSSR count). The summed E-state index contributed by atoms with van der Waals surface area (Å²) >= 11 is 0. The van der Waals surface area contributed by atoms with Crippen molar-refractivity contribution in [2.45, 2.75) is 0 Å². The molecule has 0 spiro atoms. The van der Waals surface area contributed by atoms with E-state index in [-0.39, 0.29) is 5.75 Å². The molecule has 0 aliphatic rings. The Morgan fingerprint density at radius 2 is 1.63 bits per heavy atom. The second-order valence-electron chi connectivity index (χ2n) is 6.12. The van der Waals surface area contributed by atoms with E-state index in [0.717, 1.165) is 33.5 Å². The minimum absolute atomic E-state index is 0.117. The van der Waals surface area contributed by atoms with E-state index in [9.17, 15) is 5.11 Å². The quantitative estimate of drug-likeness (QED) is 0.370. The average molecular weight is 424 g/mol. The molecule has 0 saturated carbocycles. The molecule has 0 aliphatic carbocycles. The Hall–Kier alpha value is -3.69. The summed E-state index contributed by atoms with van der Waals surface area (Å²) in [4.78, 5) is 8.75. The first-order valence-corrected chi connectivity index (χ1v) is 10.1. The maximum atomic E-state index is 9.81. The molecule has 9 heteroatoms. The summed E-state index contributed by atoms with van der Waals surface area (Å²) in [6, 6.07) is 21.2. The van der Waals surface area contributed by atoms with Gasteiger partial charge in [-0.05, 0) is 47.5 Å². The number of thiol groups is 1.